The largest absolute Gasteiger partial charge is 0.358 e. The van der Waals surface area contributed by atoms with Gasteiger partial charge in [-0.2, -0.15) is 5.10 Å². The number of aromatic amines is 2. The molecule has 0 atom stereocenters. The number of hydrogen-bond acceptors (Lipinski definition) is 5. The molecule has 42 heavy (non-hydrogen) atoms. The van der Waals surface area contributed by atoms with E-state index in [0.717, 1.165) is 86.1 Å². The molecular formula is C34H34FN7. The van der Waals surface area contributed by atoms with E-state index >= 15 is 0 Å². The minimum absolute atomic E-state index is 0.278. The van der Waals surface area contributed by atoms with Gasteiger partial charge in [0.1, 0.15) is 11.5 Å². The Bertz CT molecular complexity index is 1880. The molecule has 1 saturated heterocycles. The number of rotatable bonds is 8. The first kappa shape index (κ1) is 27.4. The third-order valence-electron chi connectivity index (χ3n) is 7.79. The first-order valence-electron chi connectivity index (χ1n) is 14.2. The summed E-state index contributed by atoms with van der Waals surface area (Å²) >= 11 is 0. The van der Waals surface area contributed by atoms with Crippen molar-refractivity contribution in [3.05, 3.63) is 102 Å². The smallest absolute Gasteiger partial charge is 0.123 e. The van der Waals surface area contributed by atoms with Gasteiger partial charge in [-0.3, -0.25) is 15.1 Å². The second-order valence-electron chi connectivity index (χ2n) is 10.8. The average molecular weight is 560 g/mol. The summed E-state index contributed by atoms with van der Waals surface area (Å²) < 4.78 is 13.5. The van der Waals surface area contributed by atoms with Crippen molar-refractivity contribution in [3.8, 4) is 22.6 Å². The summed E-state index contributed by atoms with van der Waals surface area (Å²) in [5, 5.41) is 17.4. The second kappa shape index (κ2) is 12.0. The Balaban J connectivity index is 1.30. The number of nitrogens with zero attached hydrogens (tertiary/aromatic N) is 3. The summed E-state index contributed by atoms with van der Waals surface area (Å²) in [6.45, 7) is 12.7. The topological polar surface area (TPSA) is 94.3 Å². The van der Waals surface area contributed by atoms with E-state index in [1.165, 1.54) is 25.0 Å². The lowest BCUT2D eigenvalue weighted by molar-refractivity contribution is 0.373. The van der Waals surface area contributed by atoms with Crippen LogP contribution < -0.4 is 21.2 Å². The van der Waals surface area contributed by atoms with Gasteiger partial charge in [0.2, 0.25) is 0 Å². The molecular weight excluding hydrogens is 525 g/mol. The number of allylic oxidation sites excluding steroid dienone is 2. The monoisotopic (exact) mass is 559 g/mol. The number of hydrogen-bond donors (Lipinski definition) is 4. The molecule has 8 heteroatoms. The predicted molar refractivity (Wildman–Crippen MR) is 169 cm³/mol. The minimum Gasteiger partial charge on any atom is -0.358 e. The van der Waals surface area contributed by atoms with Gasteiger partial charge in [-0.25, -0.2) is 4.39 Å². The standard InChI is InChI=1S/C34H34FN7/c1-4-30-28(15-21(2)25-17-27(20-37-19-25)39-22(3)16-23-9-12-36-13-10-23)34(42-41-30)32-18-29-31(40-32)11-14-38-33(29)24-5-7-26(35)8-6-24/h4-8,11,14-15,17-20,23,36,39-41H,2-3,9-10,12-13,16H2,1H3/b28-15+,30-4+. The zero-order chi connectivity index (χ0) is 29.1. The van der Waals surface area contributed by atoms with Crippen LogP contribution in [-0.2, 0) is 0 Å². The molecule has 0 spiro atoms. The Morgan fingerprint density at radius 1 is 1.07 bits per heavy atom. The van der Waals surface area contributed by atoms with E-state index in [2.05, 4.69) is 55.0 Å². The van der Waals surface area contributed by atoms with Gasteiger partial charge in [-0.05, 0) is 99.3 Å². The Morgan fingerprint density at radius 3 is 2.67 bits per heavy atom. The van der Waals surface area contributed by atoms with Gasteiger partial charge in [0.15, 0.2) is 0 Å². The molecule has 7 nitrogen and oxygen atoms in total. The van der Waals surface area contributed by atoms with E-state index < -0.39 is 0 Å². The van der Waals surface area contributed by atoms with Crippen LogP contribution in [0.5, 0.6) is 0 Å². The molecule has 1 aliphatic rings. The Morgan fingerprint density at radius 2 is 1.88 bits per heavy atom. The zero-order valence-corrected chi connectivity index (χ0v) is 23.7. The summed E-state index contributed by atoms with van der Waals surface area (Å²) in [6, 6.07) is 12.4. The van der Waals surface area contributed by atoms with Crippen LogP contribution in [0.4, 0.5) is 10.1 Å². The summed E-state index contributed by atoms with van der Waals surface area (Å²) in [6.07, 6.45) is 12.7. The van der Waals surface area contributed by atoms with Crippen molar-refractivity contribution in [1.29, 1.82) is 0 Å². The molecule has 0 amide bonds. The third-order valence-corrected chi connectivity index (χ3v) is 7.79. The number of benzene rings is 1. The first-order chi connectivity index (χ1) is 20.5. The minimum atomic E-state index is -0.278. The summed E-state index contributed by atoms with van der Waals surface area (Å²) in [4.78, 5) is 12.5. The highest BCUT2D eigenvalue weighted by Gasteiger charge is 2.15. The highest BCUT2D eigenvalue weighted by molar-refractivity contribution is 5.96. The van der Waals surface area contributed by atoms with Crippen LogP contribution in [0.25, 0.3) is 51.3 Å². The molecule has 1 fully saturated rings. The van der Waals surface area contributed by atoms with E-state index in [9.17, 15) is 4.39 Å². The molecule has 0 bridgehead atoms. The summed E-state index contributed by atoms with van der Waals surface area (Å²) in [5.74, 6) is 0.376. The van der Waals surface area contributed by atoms with Gasteiger partial charge in [0.25, 0.3) is 0 Å². The fourth-order valence-electron chi connectivity index (χ4n) is 5.59. The molecule has 0 saturated carbocycles. The number of halogens is 1. The summed E-state index contributed by atoms with van der Waals surface area (Å²) in [7, 11) is 0. The van der Waals surface area contributed by atoms with Gasteiger partial charge in [-0.15, -0.1) is 0 Å². The highest BCUT2D eigenvalue weighted by Crippen LogP contribution is 2.30. The average Bonchev–Trinajstić information content (AvgIpc) is 3.62. The fourth-order valence-corrected chi connectivity index (χ4v) is 5.59. The molecule has 212 valence electrons. The lowest BCUT2D eigenvalue weighted by Crippen LogP contribution is -2.28. The normalized spacial score (nSPS) is 14.9. The number of pyridine rings is 2. The van der Waals surface area contributed by atoms with Gasteiger partial charge in [0.05, 0.1) is 28.6 Å². The van der Waals surface area contributed by atoms with E-state index in [1.807, 2.05) is 43.6 Å². The van der Waals surface area contributed by atoms with Crippen molar-refractivity contribution < 1.29 is 4.39 Å². The quantitative estimate of drug-likeness (QED) is 0.194. The lowest BCUT2D eigenvalue weighted by Gasteiger charge is -2.23. The van der Waals surface area contributed by atoms with Crippen LogP contribution in [0.3, 0.4) is 0 Å². The molecule has 0 unspecified atom stereocenters. The second-order valence-corrected chi connectivity index (χ2v) is 10.8. The molecule has 4 N–H and O–H groups in total. The van der Waals surface area contributed by atoms with Crippen LogP contribution in [0, 0.1) is 11.7 Å². The molecule has 4 aromatic heterocycles. The van der Waals surface area contributed by atoms with Crippen molar-refractivity contribution in [1.82, 2.24) is 30.5 Å². The third kappa shape index (κ3) is 5.80. The Hall–Kier alpha value is -4.82. The van der Waals surface area contributed by atoms with E-state index in [1.54, 1.807) is 18.3 Å². The van der Waals surface area contributed by atoms with Crippen molar-refractivity contribution >= 4 is 34.3 Å². The van der Waals surface area contributed by atoms with Gasteiger partial charge in [-0.1, -0.05) is 19.2 Å². The maximum Gasteiger partial charge on any atom is 0.123 e. The fraction of sp³-hybridized carbons (Fsp3) is 0.206. The lowest BCUT2D eigenvalue weighted by atomic mass is 9.93. The van der Waals surface area contributed by atoms with Crippen LogP contribution in [0.2, 0.25) is 0 Å². The molecule has 0 radical (unpaired) electrons. The van der Waals surface area contributed by atoms with Gasteiger partial charge >= 0.3 is 0 Å². The molecule has 5 heterocycles. The Kier molecular flexibility index (Phi) is 7.79. The van der Waals surface area contributed by atoms with E-state index in [-0.39, 0.29) is 5.82 Å². The number of nitrogens with one attached hydrogen (secondary N) is 4. The number of piperidine rings is 1. The van der Waals surface area contributed by atoms with Crippen LogP contribution >= 0.6 is 0 Å². The first-order valence-corrected chi connectivity index (χ1v) is 14.2. The maximum absolute atomic E-state index is 13.5. The van der Waals surface area contributed by atoms with E-state index in [4.69, 9.17) is 0 Å². The molecule has 1 aromatic carbocycles. The molecule has 0 aliphatic carbocycles. The predicted octanol–water partition coefficient (Wildman–Crippen LogP) is 5.76. The van der Waals surface area contributed by atoms with Crippen LogP contribution in [0.1, 0.15) is 31.7 Å². The maximum atomic E-state index is 13.5. The zero-order valence-electron chi connectivity index (χ0n) is 23.7. The van der Waals surface area contributed by atoms with Gasteiger partial charge < -0.3 is 15.6 Å². The SMILES string of the molecule is C=C(CC1CCNCC1)Nc1cncc(C(=C)/C=c2/c(-c3cc4c(-c5ccc(F)cc5)nccc4[nH]3)n[nH]/c2=C/C)c1. The van der Waals surface area contributed by atoms with Crippen molar-refractivity contribution in [2.75, 3.05) is 18.4 Å². The molecule has 5 aromatic rings. The van der Waals surface area contributed by atoms with Crippen LogP contribution in [0.15, 0.2) is 79.9 Å². The number of aromatic nitrogens is 5. The molecule has 6 rings (SSSR count). The van der Waals surface area contributed by atoms with Gasteiger partial charge in [0, 0.05) is 45.3 Å². The van der Waals surface area contributed by atoms with Crippen molar-refractivity contribution in [2.45, 2.75) is 26.2 Å². The molecule has 1 aliphatic heterocycles. The van der Waals surface area contributed by atoms with E-state index in [0.29, 0.717) is 5.92 Å². The summed E-state index contributed by atoms with van der Waals surface area (Å²) in [5.41, 5.74) is 7.76. The van der Waals surface area contributed by atoms with Crippen molar-refractivity contribution in [3.63, 3.8) is 0 Å². The number of anilines is 1. The van der Waals surface area contributed by atoms with Crippen molar-refractivity contribution in [2.24, 2.45) is 5.92 Å². The van der Waals surface area contributed by atoms with Crippen LogP contribution in [-0.4, -0.2) is 38.2 Å². The number of fused-ring (bicyclic) bond motifs is 1. The highest BCUT2D eigenvalue weighted by atomic mass is 19.1. The Labute approximate surface area is 244 Å². The number of H-pyrrole nitrogens is 2.